The van der Waals surface area contributed by atoms with Gasteiger partial charge in [-0.3, -0.25) is 4.79 Å². The van der Waals surface area contributed by atoms with Crippen molar-refractivity contribution in [1.29, 1.82) is 0 Å². The maximum Gasteiger partial charge on any atom is 0.271 e. The number of rotatable bonds is 4. The van der Waals surface area contributed by atoms with Crippen LogP contribution in [0.25, 0.3) is 10.9 Å². The molecule has 0 aliphatic heterocycles. The molecular formula is C12H13IN4O. The Bertz CT molecular complexity index is 600. The zero-order valence-electron chi connectivity index (χ0n) is 9.69. The summed E-state index contributed by atoms with van der Waals surface area (Å²) < 4.78 is 1.08. The highest BCUT2D eigenvalue weighted by atomic mass is 127. The van der Waals surface area contributed by atoms with E-state index in [-0.39, 0.29) is 5.69 Å². The van der Waals surface area contributed by atoms with Crippen LogP contribution >= 0.6 is 22.6 Å². The standard InChI is InChI=1S/C12H13IN4O/c13-6-2-4-7-3-1-5-8-9(14)11(12(15)18)17-16-10(7)8/h1,3,5H,2,4,6H2,(H2,14,16)(H2,15,18). The first kappa shape index (κ1) is 13.0. The number of alkyl halides is 1. The number of hydrogen-bond donors (Lipinski definition) is 2. The normalized spacial score (nSPS) is 10.7. The van der Waals surface area contributed by atoms with Gasteiger partial charge in [0.2, 0.25) is 0 Å². The molecule has 0 aliphatic carbocycles. The Morgan fingerprint density at radius 3 is 2.78 bits per heavy atom. The average Bonchev–Trinajstić information content (AvgIpc) is 2.36. The fraction of sp³-hybridized carbons (Fsp3) is 0.250. The zero-order chi connectivity index (χ0) is 13.1. The fourth-order valence-electron chi connectivity index (χ4n) is 1.85. The number of hydrogen-bond acceptors (Lipinski definition) is 4. The van der Waals surface area contributed by atoms with Crippen molar-refractivity contribution in [1.82, 2.24) is 10.2 Å². The molecule has 4 N–H and O–H groups in total. The summed E-state index contributed by atoms with van der Waals surface area (Å²) in [5.41, 5.74) is 13.3. The summed E-state index contributed by atoms with van der Waals surface area (Å²) in [7, 11) is 0. The first-order valence-electron chi connectivity index (χ1n) is 5.54. The summed E-state index contributed by atoms with van der Waals surface area (Å²) in [6.07, 6.45) is 1.99. The predicted octanol–water partition coefficient (Wildman–Crippen LogP) is 1.68. The topological polar surface area (TPSA) is 94.9 Å². The summed E-state index contributed by atoms with van der Waals surface area (Å²) in [4.78, 5) is 11.2. The number of carbonyl (C=O) groups is 1. The molecule has 1 aromatic heterocycles. The van der Waals surface area contributed by atoms with Crippen LogP contribution in [0.5, 0.6) is 0 Å². The van der Waals surface area contributed by atoms with Gasteiger partial charge >= 0.3 is 0 Å². The van der Waals surface area contributed by atoms with Gasteiger partial charge < -0.3 is 11.5 Å². The van der Waals surface area contributed by atoms with Crippen LogP contribution in [-0.4, -0.2) is 20.5 Å². The Hall–Kier alpha value is -1.44. The van der Waals surface area contributed by atoms with Gasteiger partial charge in [0.25, 0.3) is 5.91 Å². The number of halogens is 1. The van der Waals surface area contributed by atoms with Gasteiger partial charge in [-0.15, -0.1) is 10.2 Å². The van der Waals surface area contributed by atoms with Gasteiger partial charge in [-0.25, -0.2) is 0 Å². The molecule has 0 fully saturated rings. The molecule has 18 heavy (non-hydrogen) atoms. The van der Waals surface area contributed by atoms with Crippen molar-refractivity contribution >= 4 is 45.1 Å². The van der Waals surface area contributed by atoms with Gasteiger partial charge in [-0.2, -0.15) is 0 Å². The predicted molar refractivity (Wildman–Crippen MR) is 79.7 cm³/mol. The van der Waals surface area contributed by atoms with Crippen molar-refractivity contribution < 1.29 is 4.79 Å². The molecule has 0 aliphatic rings. The lowest BCUT2D eigenvalue weighted by Gasteiger charge is -2.08. The highest BCUT2D eigenvalue weighted by molar-refractivity contribution is 14.1. The summed E-state index contributed by atoms with van der Waals surface area (Å²) in [6.45, 7) is 0. The number of primary amides is 1. The maximum absolute atomic E-state index is 11.2. The number of aromatic nitrogens is 2. The van der Waals surface area contributed by atoms with Crippen molar-refractivity contribution in [2.24, 2.45) is 5.73 Å². The molecular weight excluding hydrogens is 343 g/mol. The van der Waals surface area contributed by atoms with Crippen LogP contribution in [0.2, 0.25) is 0 Å². The Balaban J connectivity index is 2.59. The molecule has 0 bridgehead atoms. The summed E-state index contributed by atoms with van der Waals surface area (Å²) in [5, 5.41) is 8.65. The summed E-state index contributed by atoms with van der Waals surface area (Å²) >= 11 is 2.34. The molecule has 2 aromatic rings. The van der Waals surface area contributed by atoms with Crippen LogP contribution in [0.15, 0.2) is 18.2 Å². The van der Waals surface area contributed by atoms with Gasteiger partial charge in [0.15, 0.2) is 5.69 Å². The molecule has 5 nitrogen and oxygen atoms in total. The summed E-state index contributed by atoms with van der Waals surface area (Å²) in [5.74, 6) is -0.653. The van der Waals surface area contributed by atoms with Crippen molar-refractivity contribution in [2.75, 3.05) is 10.2 Å². The van der Waals surface area contributed by atoms with Gasteiger partial charge in [-0.1, -0.05) is 40.8 Å². The molecule has 1 heterocycles. The first-order valence-corrected chi connectivity index (χ1v) is 7.07. The number of fused-ring (bicyclic) bond motifs is 1. The van der Waals surface area contributed by atoms with E-state index in [0.717, 1.165) is 33.7 Å². The van der Waals surface area contributed by atoms with E-state index in [4.69, 9.17) is 11.5 Å². The number of aryl methyl sites for hydroxylation is 1. The molecule has 0 unspecified atom stereocenters. The number of carbonyl (C=O) groups excluding carboxylic acids is 1. The third-order valence-corrected chi connectivity index (χ3v) is 3.49. The molecule has 0 spiro atoms. The van der Waals surface area contributed by atoms with Crippen molar-refractivity contribution in [3.05, 3.63) is 29.5 Å². The molecule has 0 atom stereocenters. The van der Waals surface area contributed by atoms with Crippen molar-refractivity contribution in [2.45, 2.75) is 12.8 Å². The molecule has 0 saturated heterocycles. The lowest BCUT2D eigenvalue weighted by atomic mass is 10.0. The SMILES string of the molecule is NC(=O)c1nnc2c(CCCI)cccc2c1N. The molecule has 94 valence electrons. The van der Waals surface area contributed by atoms with Gasteiger partial charge in [0.1, 0.15) is 0 Å². The second kappa shape index (κ2) is 5.47. The summed E-state index contributed by atoms with van der Waals surface area (Å²) in [6, 6.07) is 5.75. The van der Waals surface area contributed by atoms with Crippen LogP contribution in [0, 0.1) is 0 Å². The highest BCUT2D eigenvalue weighted by Gasteiger charge is 2.13. The number of anilines is 1. The monoisotopic (exact) mass is 356 g/mol. The van der Waals surface area contributed by atoms with E-state index in [0.29, 0.717) is 5.69 Å². The van der Waals surface area contributed by atoms with Gasteiger partial charge in [0.05, 0.1) is 11.2 Å². The van der Waals surface area contributed by atoms with Crippen molar-refractivity contribution in [3.63, 3.8) is 0 Å². The van der Waals surface area contributed by atoms with E-state index in [1.165, 1.54) is 0 Å². The van der Waals surface area contributed by atoms with Gasteiger partial charge in [-0.05, 0) is 22.8 Å². The third kappa shape index (κ3) is 2.38. The zero-order valence-corrected chi connectivity index (χ0v) is 11.8. The second-order valence-electron chi connectivity index (χ2n) is 3.93. The Morgan fingerprint density at radius 1 is 1.33 bits per heavy atom. The van der Waals surface area contributed by atoms with Crippen LogP contribution in [0.3, 0.4) is 0 Å². The molecule has 1 aromatic carbocycles. The molecule has 1 amide bonds. The smallest absolute Gasteiger partial charge is 0.271 e. The second-order valence-corrected chi connectivity index (χ2v) is 5.01. The number of nitrogens with two attached hydrogens (primary N) is 2. The Kier molecular flexibility index (Phi) is 3.95. The fourth-order valence-corrected chi connectivity index (χ4v) is 2.23. The minimum Gasteiger partial charge on any atom is -0.396 e. The first-order chi connectivity index (χ1) is 8.65. The minimum atomic E-state index is -0.653. The number of nitrogen functional groups attached to an aromatic ring is 1. The van der Waals surface area contributed by atoms with Crippen LogP contribution in [0.1, 0.15) is 22.5 Å². The van der Waals surface area contributed by atoms with Gasteiger partial charge in [0, 0.05) is 5.39 Å². The van der Waals surface area contributed by atoms with E-state index in [1.807, 2.05) is 18.2 Å². The lowest BCUT2D eigenvalue weighted by Crippen LogP contribution is -2.17. The average molecular weight is 356 g/mol. The van der Waals surface area contributed by atoms with Crippen LogP contribution < -0.4 is 11.5 Å². The van der Waals surface area contributed by atoms with Crippen LogP contribution in [0.4, 0.5) is 5.69 Å². The molecule has 0 saturated carbocycles. The maximum atomic E-state index is 11.2. The Labute approximate surface area is 118 Å². The molecule has 2 rings (SSSR count). The Morgan fingerprint density at radius 2 is 2.11 bits per heavy atom. The third-order valence-electron chi connectivity index (χ3n) is 2.73. The van der Waals surface area contributed by atoms with E-state index in [2.05, 4.69) is 32.8 Å². The number of nitrogens with zero attached hydrogens (tertiary/aromatic N) is 2. The number of amides is 1. The minimum absolute atomic E-state index is 0.0357. The van der Waals surface area contributed by atoms with Crippen LogP contribution in [-0.2, 0) is 6.42 Å². The molecule has 6 heteroatoms. The van der Waals surface area contributed by atoms with E-state index < -0.39 is 5.91 Å². The van der Waals surface area contributed by atoms with E-state index >= 15 is 0 Å². The largest absolute Gasteiger partial charge is 0.396 e. The van der Waals surface area contributed by atoms with Crippen molar-refractivity contribution in [3.8, 4) is 0 Å². The molecule has 0 radical (unpaired) electrons. The van der Waals surface area contributed by atoms with E-state index in [1.54, 1.807) is 0 Å². The van der Waals surface area contributed by atoms with E-state index in [9.17, 15) is 4.79 Å². The highest BCUT2D eigenvalue weighted by Crippen LogP contribution is 2.24. The lowest BCUT2D eigenvalue weighted by molar-refractivity contribution is 0.0996. The quantitative estimate of drug-likeness (QED) is 0.644. The number of benzene rings is 1.